The highest BCUT2D eigenvalue weighted by Gasteiger charge is 2.30. The van der Waals surface area contributed by atoms with E-state index in [0.717, 1.165) is 68.3 Å². The fourth-order valence-electron chi connectivity index (χ4n) is 7.85. The Hall–Kier alpha value is -5.25. The van der Waals surface area contributed by atoms with Crippen molar-refractivity contribution in [3.63, 3.8) is 0 Å². The Labute approximate surface area is 316 Å². The van der Waals surface area contributed by atoms with E-state index in [2.05, 4.69) is 61.4 Å². The van der Waals surface area contributed by atoms with Gasteiger partial charge in [0, 0.05) is 67.2 Å². The van der Waals surface area contributed by atoms with E-state index in [4.69, 9.17) is 9.84 Å². The molecule has 1 aliphatic heterocycles. The number of anilines is 2. The van der Waals surface area contributed by atoms with Gasteiger partial charge in [0.15, 0.2) is 0 Å². The summed E-state index contributed by atoms with van der Waals surface area (Å²) in [5, 5.41) is 33.5. The molecule has 5 aromatic rings. The molecule has 2 N–H and O–H groups in total. The van der Waals surface area contributed by atoms with Crippen LogP contribution < -0.4 is 10.2 Å². The fraction of sp³-hybridized carbons (Fsp3) is 0.452. The first-order chi connectivity index (χ1) is 25.7. The van der Waals surface area contributed by atoms with Gasteiger partial charge in [-0.05, 0) is 115 Å². The number of nitrogens with one attached hydrogen (secondary N) is 1. The molecule has 1 saturated carbocycles. The zero-order valence-corrected chi connectivity index (χ0v) is 31.9. The lowest BCUT2D eigenvalue weighted by Crippen LogP contribution is -2.51. The average molecular weight is 731 g/mol. The number of fused-ring (bicyclic) bond motifs is 2. The second-order valence-electron chi connectivity index (χ2n) is 16.2. The maximum absolute atomic E-state index is 13.5. The average Bonchev–Trinajstić information content (AvgIpc) is 3.77. The van der Waals surface area contributed by atoms with Crippen molar-refractivity contribution in [3.8, 4) is 6.07 Å². The van der Waals surface area contributed by atoms with Crippen molar-refractivity contribution in [1.82, 2.24) is 24.3 Å². The van der Waals surface area contributed by atoms with Crippen LogP contribution in [0.5, 0.6) is 0 Å². The van der Waals surface area contributed by atoms with Crippen molar-refractivity contribution in [2.24, 2.45) is 0 Å². The molecule has 0 radical (unpaired) electrons. The Bertz CT molecular complexity index is 2190. The van der Waals surface area contributed by atoms with Crippen LogP contribution in [-0.2, 0) is 21.6 Å². The third-order valence-corrected chi connectivity index (χ3v) is 10.6. The number of ether oxygens (including phenoxy) is 1. The molecule has 0 spiro atoms. The molecule has 1 aliphatic carbocycles. The number of benzene rings is 2. The first-order valence-corrected chi connectivity index (χ1v) is 19.0. The number of amides is 1. The van der Waals surface area contributed by atoms with Crippen LogP contribution in [0.3, 0.4) is 0 Å². The van der Waals surface area contributed by atoms with Gasteiger partial charge in [0.25, 0.3) is 5.91 Å². The second kappa shape index (κ2) is 14.9. The fourth-order valence-corrected chi connectivity index (χ4v) is 7.85. The molecule has 7 rings (SSSR count). The highest BCUT2D eigenvalue weighted by Crippen LogP contribution is 2.36. The molecule has 3 aromatic heterocycles. The number of carbonyl (C=O) groups is 2. The Morgan fingerprint density at radius 3 is 2.31 bits per heavy atom. The van der Waals surface area contributed by atoms with Gasteiger partial charge in [-0.3, -0.25) is 19.2 Å². The highest BCUT2D eigenvalue weighted by molar-refractivity contribution is 6.05. The minimum absolute atomic E-state index is 0.161. The number of aromatic nitrogens is 4. The van der Waals surface area contributed by atoms with E-state index in [9.17, 15) is 20.0 Å². The highest BCUT2D eigenvalue weighted by atomic mass is 16.6. The summed E-state index contributed by atoms with van der Waals surface area (Å²) in [6.07, 6.45) is 8.85. The van der Waals surface area contributed by atoms with E-state index in [0.29, 0.717) is 46.9 Å². The molecule has 54 heavy (non-hydrogen) atoms. The predicted octanol–water partition coefficient (Wildman–Crippen LogP) is 6.62. The summed E-state index contributed by atoms with van der Waals surface area (Å²) < 4.78 is 9.03. The molecular weight excluding hydrogens is 681 g/mol. The van der Waals surface area contributed by atoms with Gasteiger partial charge in [-0.15, -0.1) is 0 Å². The lowest BCUT2D eigenvalue weighted by atomic mass is 9.90. The number of hydrogen-bond acceptors (Lipinski definition) is 9. The number of piperazine rings is 1. The summed E-state index contributed by atoms with van der Waals surface area (Å²) in [4.78, 5) is 30.7. The molecule has 2 aliphatic rings. The number of carbonyl (C=O) groups excluding carboxylic acids is 2. The standard InChI is InChI=1S/C42H50N8O4/c1-41(2,3)54-39(51)17-8-28-6-9-31(10-7-28)47-18-20-48(21-19-47)32-11-13-33(14-12-32)49-27-30-23-37(35(42(4,5)53)24-36(30)46-49)45-40(52)38-16-15-34-22-29(25-43)26-44-50(34)38/h6-7,9-10,15-16,22-24,26-27,32-33,53H,8,11-14,17-21H2,1-5H3,(H,45,52). The van der Waals surface area contributed by atoms with Gasteiger partial charge in [0.05, 0.1) is 34.4 Å². The van der Waals surface area contributed by atoms with Crippen molar-refractivity contribution < 1.29 is 19.4 Å². The van der Waals surface area contributed by atoms with E-state index in [-0.39, 0.29) is 17.9 Å². The number of aryl methyl sites for hydroxylation is 1. The second-order valence-corrected chi connectivity index (χ2v) is 16.2. The Morgan fingerprint density at radius 2 is 1.65 bits per heavy atom. The monoisotopic (exact) mass is 730 g/mol. The van der Waals surface area contributed by atoms with E-state index in [1.165, 1.54) is 16.4 Å². The molecule has 282 valence electrons. The van der Waals surface area contributed by atoms with Crippen LogP contribution >= 0.6 is 0 Å². The van der Waals surface area contributed by atoms with Crippen molar-refractivity contribution in [2.45, 2.75) is 96.4 Å². The van der Waals surface area contributed by atoms with Crippen LogP contribution in [0.4, 0.5) is 11.4 Å². The molecule has 12 heteroatoms. The molecule has 0 unspecified atom stereocenters. The number of esters is 1. The van der Waals surface area contributed by atoms with E-state index in [1.54, 1.807) is 32.0 Å². The summed E-state index contributed by atoms with van der Waals surface area (Å²) in [6, 6.07) is 20.4. The normalized spacial score (nSPS) is 18.5. The maximum Gasteiger partial charge on any atom is 0.306 e. The third kappa shape index (κ3) is 8.27. The summed E-state index contributed by atoms with van der Waals surface area (Å²) in [7, 11) is 0. The molecule has 1 amide bonds. The van der Waals surface area contributed by atoms with Crippen molar-refractivity contribution in [1.29, 1.82) is 5.26 Å². The number of nitrogens with zero attached hydrogens (tertiary/aromatic N) is 7. The van der Waals surface area contributed by atoms with Crippen LogP contribution in [0.15, 0.2) is 67.0 Å². The molecule has 2 fully saturated rings. The van der Waals surface area contributed by atoms with E-state index in [1.807, 2.05) is 32.9 Å². The predicted molar refractivity (Wildman–Crippen MR) is 209 cm³/mol. The van der Waals surface area contributed by atoms with Gasteiger partial charge < -0.3 is 20.1 Å². The number of aliphatic hydroxyl groups is 1. The van der Waals surface area contributed by atoms with Gasteiger partial charge in [-0.1, -0.05) is 12.1 Å². The Balaban J connectivity index is 0.947. The largest absolute Gasteiger partial charge is 0.460 e. The van der Waals surface area contributed by atoms with Gasteiger partial charge in [0.2, 0.25) is 0 Å². The van der Waals surface area contributed by atoms with E-state index >= 15 is 0 Å². The number of rotatable bonds is 9. The van der Waals surface area contributed by atoms with E-state index < -0.39 is 11.2 Å². The maximum atomic E-state index is 13.5. The summed E-state index contributed by atoms with van der Waals surface area (Å²) >= 11 is 0. The summed E-state index contributed by atoms with van der Waals surface area (Å²) in [6.45, 7) is 13.1. The van der Waals surface area contributed by atoms with Crippen LogP contribution in [0, 0.1) is 11.3 Å². The zero-order chi connectivity index (χ0) is 38.2. The third-order valence-electron chi connectivity index (χ3n) is 10.6. The summed E-state index contributed by atoms with van der Waals surface area (Å²) in [5.74, 6) is -0.528. The Morgan fingerprint density at radius 1 is 0.944 bits per heavy atom. The van der Waals surface area contributed by atoms with Crippen molar-refractivity contribution in [3.05, 3.63) is 89.4 Å². The van der Waals surface area contributed by atoms with Crippen molar-refractivity contribution >= 4 is 39.7 Å². The number of hydrogen-bond donors (Lipinski definition) is 2. The van der Waals surface area contributed by atoms with Crippen LogP contribution in [-0.4, -0.2) is 79.1 Å². The van der Waals surface area contributed by atoms with Crippen LogP contribution in [0.2, 0.25) is 0 Å². The summed E-state index contributed by atoms with van der Waals surface area (Å²) in [5.41, 5.74) is 3.94. The molecule has 0 bridgehead atoms. The quantitative estimate of drug-likeness (QED) is 0.160. The SMILES string of the molecule is CC(C)(C)OC(=O)CCc1ccc(N2CCN(C3CCC(n4cc5cc(NC(=O)c6ccc7cc(C#N)cnn67)c(C(C)(C)O)cc5n4)CC3)CC2)cc1. The molecule has 2 aromatic carbocycles. The minimum atomic E-state index is -1.23. The molecule has 4 heterocycles. The molecule has 1 saturated heterocycles. The topological polar surface area (TPSA) is 141 Å². The Kier molecular flexibility index (Phi) is 10.2. The van der Waals surface area contributed by atoms with Crippen LogP contribution in [0.1, 0.15) is 99.9 Å². The first-order valence-electron chi connectivity index (χ1n) is 19.0. The molecule has 12 nitrogen and oxygen atoms in total. The number of nitriles is 1. The van der Waals surface area contributed by atoms with Crippen molar-refractivity contribution in [2.75, 3.05) is 36.4 Å². The van der Waals surface area contributed by atoms with Gasteiger partial charge in [-0.2, -0.15) is 15.5 Å². The lowest BCUT2D eigenvalue weighted by Gasteiger charge is -2.42. The molecular formula is C42H50N8O4. The molecule has 0 atom stereocenters. The lowest BCUT2D eigenvalue weighted by molar-refractivity contribution is -0.154. The zero-order valence-electron chi connectivity index (χ0n) is 31.9. The van der Waals surface area contributed by atoms with Gasteiger partial charge in [-0.25, -0.2) is 4.52 Å². The minimum Gasteiger partial charge on any atom is -0.460 e. The van der Waals surface area contributed by atoms with Gasteiger partial charge >= 0.3 is 5.97 Å². The van der Waals surface area contributed by atoms with Crippen LogP contribution in [0.25, 0.3) is 16.4 Å². The smallest absolute Gasteiger partial charge is 0.306 e. The first kappa shape index (κ1) is 37.1. The van der Waals surface area contributed by atoms with Gasteiger partial charge in [0.1, 0.15) is 17.4 Å².